The lowest BCUT2D eigenvalue weighted by Gasteiger charge is -2.35. The van der Waals surface area contributed by atoms with Gasteiger partial charge < -0.3 is 10.8 Å². The van der Waals surface area contributed by atoms with Gasteiger partial charge in [-0.05, 0) is 41.0 Å². The first-order chi connectivity index (χ1) is 17.0. The standard InChI is InChI=1S/C22H16ClF3N6.C2H4O2/c23-16-9-17(18(24)29-10-16)13-2-1-3-15(8-13)22(14-4-6-28-7-5-14)19-30-11-21(25,26)12-32(19)20(27)31-22;1-2(3)4/h1-10H,11-12H2,(H2,27,31);1H3,(H,3,4). The number of alkyl halides is 2. The van der Waals surface area contributed by atoms with Crippen LogP contribution < -0.4 is 5.73 Å². The maximum absolute atomic E-state index is 14.5. The summed E-state index contributed by atoms with van der Waals surface area (Å²) in [6, 6.07) is 11.8. The second-order valence-corrected chi connectivity index (χ2v) is 8.53. The number of rotatable bonds is 3. The van der Waals surface area contributed by atoms with E-state index in [1.54, 1.807) is 48.8 Å². The van der Waals surface area contributed by atoms with E-state index in [4.69, 9.17) is 27.2 Å². The molecule has 2 aliphatic rings. The highest BCUT2D eigenvalue weighted by Crippen LogP contribution is 2.43. The first-order valence-electron chi connectivity index (χ1n) is 10.6. The minimum Gasteiger partial charge on any atom is -0.481 e. The van der Waals surface area contributed by atoms with Gasteiger partial charge in [-0.15, -0.1) is 0 Å². The molecule has 0 aliphatic carbocycles. The molecule has 0 radical (unpaired) electrons. The maximum atomic E-state index is 14.5. The van der Waals surface area contributed by atoms with E-state index >= 15 is 0 Å². The molecule has 12 heteroatoms. The largest absolute Gasteiger partial charge is 0.481 e. The zero-order valence-corrected chi connectivity index (χ0v) is 19.6. The van der Waals surface area contributed by atoms with Gasteiger partial charge in [0.2, 0.25) is 5.95 Å². The highest BCUT2D eigenvalue weighted by Gasteiger charge is 2.53. The summed E-state index contributed by atoms with van der Waals surface area (Å²) >= 11 is 6.02. The van der Waals surface area contributed by atoms with Crippen LogP contribution in [0.5, 0.6) is 0 Å². The molecule has 1 aromatic carbocycles. The summed E-state index contributed by atoms with van der Waals surface area (Å²) in [5.74, 6) is -4.33. The van der Waals surface area contributed by atoms with Crippen molar-refractivity contribution in [1.29, 1.82) is 0 Å². The number of guanidine groups is 1. The molecule has 1 atom stereocenters. The Hall–Kier alpha value is -3.99. The third-order valence-corrected chi connectivity index (χ3v) is 5.69. The zero-order valence-electron chi connectivity index (χ0n) is 18.9. The van der Waals surface area contributed by atoms with E-state index in [-0.39, 0.29) is 22.4 Å². The number of halogens is 4. The lowest BCUT2D eigenvalue weighted by Crippen LogP contribution is -2.53. The number of carbonyl (C=O) groups is 1. The van der Waals surface area contributed by atoms with Gasteiger partial charge >= 0.3 is 0 Å². The molecule has 186 valence electrons. The Morgan fingerprint density at radius 3 is 2.56 bits per heavy atom. The minimum atomic E-state index is -3.03. The first kappa shape index (κ1) is 25.1. The number of amidine groups is 1. The summed E-state index contributed by atoms with van der Waals surface area (Å²) in [6.45, 7) is -0.221. The van der Waals surface area contributed by atoms with Crippen molar-refractivity contribution in [3.63, 3.8) is 0 Å². The molecule has 2 aromatic heterocycles. The molecule has 0 spiro atoms. The van der Waals surface area contributed by atoms with Gasteiger partial charge in [-0.3, -0.25) is 19.7 Å². The van der Waals surface area contributed by atoms with Gasteiger partial charge in [-0.1, -0.05) is 29.8 Å². The summed E-state index contributed by atoms with van der Waals surface area (Å²) in [6.07, 6.45) is 4.38. The Kier molecular flexibility index (Phi) is 6.68. The van der Waals surface area contributed by atoms with Crippen molar-refractivity contribution in [3.8, 4) is 11.1 Å². The number of carboxylic acids is 1. The molecule has 0 saturated heterocycles. The Balaban J connectivity index is 0.000000709. The van der Waals surface area contributed by atoms with Crippen molar-refractivity contribution in [2.24, 2.45) is 15.7 Å². The summed E-state index contributed by atoms with van der Waals surface area (Å²) < 4.78 is 42.7. The van der Waals surface area contributed by atoms with Crippen molar-refractivity contribution < 1.29 is 23.1 Å². The molecule has 3 aromatic rings. The Morgan fingerprint density at radius 1 is 1.17 bits per heavy atom. The first-order valence-corrected chi connectivity index (χ1v) is 11.0. The van der Waals surface area contributed by atoms with E-state index in [1.807, 2.05) is 0 Å². The van der Waals surface area contributed by atoms with Crippen molar-refractivity contribution in [2.45, 2.75) is 18.4 Å². The van der Waals surface area contributed by atoms with Gasteiger partial charge in [0.15, 0.2) is 11.5 Å². The number of carboxylic acid groups (broad SMARTS) is 1. The molecular weight excluding hydrogens is 497 g/mol. The number of aromatic nitrogens is 2. The molecule has 2 aliphatic heterocycles. The van der Waals surface area contributed by atoms with Crippen LogP contribution in [0.3, 0.4) is 0 Å². The number of fused-ring (bicyclic) bond motifs is 1. The predicted molar refractivity (Wildman–Crippen MR) is 129 cm³/mol. The number of aliphatic carboxylic acids is 1. The third kappa shape index (κ3) is 4.74. The number of nitrogens with zero attached hydrogens (tertiary/aromatic N) is 5. The average molecular weight is 517 g/mol. The lowest BCUT2D eigenvalue weighted by molar-refractivity contribution is -0.134. The van der Waals surface area contributed by atoms with Crippen LogP contribution in [0, 0.1) is 5.95 Å². The van der Waals surface area contributed by atoms with Gasteiger partial charge in [-0.2, -0.15) is 4.39 Å². The molecule has 5 rings (SSSR count). The number of hydrogen-bond donors (Lipinski definition) is 2. The highest BCUT2D eigenvalue weighted by molar-refractivity contribution is 6.30. The number of pyridine rings is 2. The van der Waals surface area contributed by atoms with Crippen molar-refractivity contribution in [2.75, 3.05) is 13.1 Å². The van der Waals surface area contributed by atoms with E-state index in [9.17, 15) is 13.2 Å². The third-order valence-electron chi connectivity index (χ3n) is 5.48. The fraction of sp³-hybridized carbons (Fsp3) is 0.208. The SMILES string of the molecule is CC(=O)O.NC1=NC(c2ccncc2)(c2cccc(-c3cc(Cl)cnc3F)c2)C2=NCC(F)(F)CN12. The van der Waals surface area contributed by atoms with Crippen LogP contribution in [0.4, 0.5) is 13.2 Å². The summed E-state index contributed by atoms with van der Waals surface area (Å²) in [5.41, 5.74) is 6.74. The summed E-state index contributed by atoms with van der Waals surface area (Å²) in [7, 11) is 0. The average Bonchev–Trinajstić information content (AvgIpc) is 3.12. The fourth-order valence-electron chi connectivity index (χ4n) is 4.10. The van der Waals surface area contributed by atoms with Crippen molar-refractivity contribution >= 4 is 29.4 Å². The fourth-order valence-corrected chi connectivity index (χ4v) is 4.26. The Labute approximate surface area is 209 Å². The van der Waals surface area contributed by atoms with Gasteiger partial charge in [-0.25, -0.2) is 18.8 Å². The van der Waals surface area contributed by atoms with Crippen molar-refractivity contribution in [3.05, 3.63) is 83.2 Å². The monoisotopic (exact) mass is 516 g/mol. The van der Waals surface area contributed by atoms with Gasteiger partial charge in [0, 0.05) is 31.1 Å². The van der Waals surface area contributed by atoms with Crippen LogP contribution in [0.1, 0.15) is 18.1 Å². The molecule has 0 saturated carbocycles. The second kappa shape index (κ2) is 9.57. The second-order valence-electron chi connectivity index (χ2n) is 8.09. The smallest absolute Gasteiger partial charge is 0.300 e. The molecular formula is C24H20ClF3N6O2. The van der Waals surface area contributed by atoms with E-state index in [1.165, 1.54) is 17.2 Å². The van der Waals surface area contributed by atoms with Crippen LogP contribution in [-0.4, -0.2) is 56.8 Å². The molecule has 36 heavy (non-hydrogen) atoms. The normalized spacial score (nSPS) is 20.0. The zero-order chi connectivity index (χ0) is 26.1. The molecule has 4 heterocycles. The van der Waals surface area contributed by atoms with Crippen LogP contribution in [0.2, 0.25) is 5.02 Å². The number of nitrogens with two attached hydrogens (primary N) is 1. The van der Waals surface area contributed by atoms with Crippen LogP contribution in [-0.2, 0) is 10.3 Å². The Morgan fingerprint density at radius 2 is 1.86 bits per heavy atom. The maximum Gasteiger partial charge on any atom is 0.300 e. The minimum absolute atomic E-state index is 0.0686. The molecule has 0 fully saturated rings. The van der Waals surface area contributed by atoms with Crippen LogP contribution >= 0.6 is 11.6 Å². The molecule has 1 unspecified atom stereocenters. The van der Waals surface area contributed by atoms with E-state index < -0.39 is 36.5 Å². The van der Waals surface area contributed by atoms with E-state index in [0.717, 1.165) is 6.92 Å². The summed E-state index contributed by atoms with van der Waals surface area (Å²) in [5, 5.41) is 7.70. The van der Waals surface area contributed by atoms with E-state index in [0.29, 0.717) is 16.7 Å². The molecule has 3 N–H and O–H groups in total. The lowest BCUT2D eigenvalue weighted by atomic mass is 9.81. The number of aliphatic imine (C=N–C) groups is 2. The predicted octanol–water partition coefficient (Wildman–Crippen LogP) is 3.95. The van der Waals surface area contributed by atoms with E-state index in [2.05, 4.69) is 20.0 Å². The van der Waals surface area contributed by atoms with Crippen LogP contribution in [0.25, 0.3) is 11.1 Å². The quantitative estimate of drug-likeness (QED) is 0.509. The number of hydrogen-bond acceptors (Lipinski definition) is 7. The highest BCUT2D eigenvalue weighted by atomic mass is 35.5. The molecule has 0 bridgehead atoms. The molecule has 0 amide bonds. The topological polar surface area (TPSA) is 117 Å². The van der Waals surface area contributed by atoms with Gasteiger partial charge in [0.25, 0.3) is 11.9 Å². The molecule has 8 nitrogen and oxygen atoms in total. The Bertz CT molecular complexity index is 1360. The van der Waals surface area contributed by atoms with Gasteiger partial charge in [0.05, 0.1) is 11.6 Å². The van der Waals surface area contributed by atoms with Crippen LogP contribution in [0.15, 0.2) is 71.0 Å². The van der Waals surface area contributed by atoms with Crippen molar-refractivity contribution in [1.82, 2.24) is 14.9 Å². The summed E-state index contributed by atoms with van der Waals surface area (Å²) in [4.78, 5) is 26.8. The number of benzene rings is 1. The van der Waals surface area contributed by atoms with Gasteiger partial charge in [0.1, 0.15) is 12.4 Å².